The molecule has 8 heteroatoms. The van der Waals surface area contributed by atoms with E-state index in [1.165, 1.54) is 11.0 Å². The average molecular weight is 386 g/mol. The molecule has 27 heavy (non-hydrogen) atoms. The number of hydrogen-bond acceptors (Lipinski definition) is 6. The zero-order chi connectivity index (χ0) is 19.4. The Morgan fingerprint density at radius 3 is 2.85 bits per heavy atom. The third-order valence-corrected chi connectivity index (χ3v) is 4.85. The fourth-order valence-electron chi connectivity index (χ4n) is 2.67. The Morgan fingerprint density at radius 1 is 1.37 bits per heavy atom. The van der Waals surface area contributed by atoms with Crippen molar-refractivity contribution in [1.82, 2.24) is 10.2 Å². The van der Waals surface area contributed by atoms with Crippen LogP contribution in [0.25, 0.3) is 23.1 Å². The van der Waals surface area contributed by atoms with Gasteiger partial charge in [0.15, 0.2) is 0 Å². The standard InChI is InChI=1S/C19H18N2O5S/c1-2-21(7-8-22)17(23)6-4-13-11-26-15-5-3-12(9-14(13)15)10-16-18(24)20-19(25)27-16/h3-6,9-11,22H,2,7-8H2,1H3,(H,20,24,25)/b6-4+,16-10-. The van der Waals surface area contributed by atoms with Gasteiger partial charge in [0.25, 0.3) is 11.1 Å². The number of carbonyl (C=O) groups is 3. The van der Waals surface area contributed by atoms with Gasteiger partial charge in [-0.1, -0.05) is 6.07 Å². The molecule has 0 aliphatic carbocycles. The monoisotopic (exact) mass is 386 g/mol. The molecule has 1 aromatic heterocycles. The van der Waals surface area contributed by atoms with Crippen molar-refractivity contribution < 1.29 is 23.9 Å². The Hall–Kier alpha value is -2.84. The lowest BCUT2D eigenvalue weighted by molar-refractivity contribution is -0.126. The summed E-state index contributed by atoms with van der Waals surface area (Å²) in [5.74, 6) is -0.608. The van der Waals surface area contributed by atoms with Crippen molar-refractivity contribution in [3.63, 3.8) is 0 Å². The van der Waals surface area contributed by atoms with Gasteiger partial charge in [0.05, 0.1) is 17.8 Å². The number of aliphatic hydroxyl groups excluding tert-OH is 1. The fraction of sp³-hybridized carbons (Fsp3) is 0.211. The van der Waals surface area contributed by atoms with Crippen molar-refractivity contribution in [3.8, 4) is 0 Å². The molecule has 0 atom stereocenters. The molecule has 0 unspecified atom stereocenters. The van der Waals surface area contributed by atoms with Gasteiger partial charge in [-0.3, -0.25) is 19.7 Å². The first-order valence-corrected chi connectivity index (χ1v) is 9.17. The molecule has 3 amide bonds. The minimum atomic E-state index is -0.411. The Morgan fingerprint density at radius 2 is 2.19 bits per heavy atom. The van der Waals surface area contributed by atoms with E-state index in [2.05, 4.69) is 5.32 Å². The number of likely N-dealkylation sites (N-methyl/N-ethyl adjacent to an activating group) is 1. The summed E-state index contributed by atoms with van der Waals surface area (Å²) in [7, 11) is 0. The van der Waals surface area contributed by atoms with Crippen molar-refractivity contribution in [1.29, 1.82) is 0 Å². The van der Waals surface area contributed by atoms with Crippen molar-refractivity contribution >= 4 is 51.9 Å². The molecule has 2 N–H and O–H groups in total. The number of nitrogens with zero attached hydrogens (tertiary/aromatic N) is 1. The summed E-state index contributed by atoms with van der Waals surface area (Å²) in [5.41, 5.74) is 2.11. The van der Waals surface area contributed by atoms with Crippen LogP contribution in [0.4, 0.5) is 4.79 Å². The maximum atomic E-state index is 12.2. The van der Waals surface area contributed by atoms with E-state index in [9.17, 15) is 14.4 Å². The van der Waals surface area contributed by atoms with E-state index >= 15 is 0 Å². The summed E-state index contributed by atoms with van der Waals surface area (Å²) in [6.45, 7) is 2.54. The molecule has 0 spiro atoms. The molecule has 0 radical (unpaired) electrons. The highest BCUT2D eigenvalue weighted by Crippen LogP contribution is 2.28. The molecule has 1 saturated heterocycles. The molecule has 1 aliphatic rings. The van der Waals surface area contributed by atoms with Crippen LogP contribution in [0, 0.1) is 0 Å². The summed E-state index contributed by atoms with van der Waals surface area (Å²) in [5, 5.41) is 11.6. The summed E-state index contributed by atoms with van der Waals surface area (Å²) >= 11 is 0.858. The van der Waals surface area contributed by atoms with Crippen LogP contribution in [0.3, 0.4) is 0 Å². The van der Waals surface area contributed by atoms with Crippen LogP contribution in [0.1, 0.15) is 18.1 Å². The maximum absolute atomic E-state index is 12.2. The van der Waals surface area contributed by atoms with E-state index < -0.39 is 5.91 Å². The fourth-order valence-corrected chi connectivity index (χ4v) is 3.35. The number of furan rings is 1. The molecule has 2 aromatic rings. The number of benzene rings is 1. The molecule has 1 fully saturated rings. The maximum Gasteiger partial charge on any atom is 0.290 e. The molecule has 3 rings (SSSR count). The Balaban J connectivity index is 1.86. The second-order valence-electron chi connectivity index (χ2n) is 5.77. The summed E-state index contributed by atoms with van der Waals surface area (Å²) < 4.78 is 5.50. The van der Waals surface area contributed by atoms with E-state index in [-0.39, 0.29) is 24.3 Å². The van der Waals surface area contributed by atoms with Crippen LogP contribution in [0.15, 0.2) is 39.9 Å². The Labute approximate surface area is 159 Å². The lowest BCUT2D eigenvalue weighted by Crippen LogP contribution is -2.31. The van der Waals surface area contributed by atoms with E-state index in [1.54, 1.807) is 30.5 Å². The first-order chi connectivity index (χ1) is 13.0. The molecule has 140 valence electrons. The van der Waals surface area contributed by atoms with Gasteiger partial charge in [-0.15, -0.1) is 0 Å². The molecule has 2 heterocycles. The van der Waals surface area contributed by atoms with Gasteiger partial charge in [0.1, 0.15) is 5.58 Å². The molecule has 0 saturated carbocycles. The van der Waals surface area contributed by atoms with Crippen LogP contribution in [-0.2, 0) is 9.59 Å². The summed E-state index contributed by atoms with van der Waals surface area (Å²) in [4.78, 5) is 37.0. The number of aliphatic hydroxyl groups is 1. The van der Waals surface area contributed by atoms with E-state index in [1.807, 2.05) is 13.0 Å². The minimum absolute atomic E-state index is 0.0891. The number of amides is 3. The number of hydrogen-bond donors (Lipinski definition) is 2. The van der Waals surface area contributed by atoms with Gasteiger partial charge in [0, 0.05) is 30.1 Å². The summed E-state index contributed by atoms with van der Waals surface area (Å²) in [6, 6.07) is 5.39. The first kappa shape index (κ1) is 18.9. The van der Waals surface area contributed by atoms with Gasteiger partial charge in [-0.2, -0.15) is 0 Å². The highest BCUT2D eigenvalue weighted by atomic mass is 32.2. The lowest BCUT2D eigenvalue weighted by Gasteiger charge is -2.17. The number of imide groups is 1. The predicted molar refractivity (Wildman–Crippen MR) is 104 cm³/mol. The van der Waals surface area contributed by atoms with Crippen molar-refractivity contribution in [2.45, 2.75) is 6.92 Å². The Kier molecular flexibility index (Phi) is 5.78. The molecule has 1 aromatic carbocycles. The lowest BCUT2D eigenvalue weighted by atomic mass is 10.1. The van der Waals surface area contributed by atoms with Gasteiger partial charge in [0.2, 0.25) is 5.91 Å². The first-order valence-electron chi connectivity index (χ1n) is 8.35. The molecular formula is C19H18N2O5S. The third kappa shape index (κ3) is 4.29. The highest BCUT2D eigenvalue weighted by Gasteiger charge is 2.25. The Bertz CT molecular complexity index is 960. The number of thioether (sulfide) groups is 1. The van der Waals surface area contributed by atoms with Crippen LogP contribution < -0.4 is 5.32 Å². The summed E-state index contributed by atoms with van der Waals surface area (Å²) in [6.07, 6.45) is 6.28. The number of fused-ring (bicyclic) bond motifs is 1. The van der Waals surface area contributed by atoms with Crippen LogP contribution in [0.2, 0.25) is 0 Å². The van der Waals surface area contributed by atoms with Crippen molar-refractivity contribution in [3.05, 3.63) is 46.6 Å². The average Bonchev–Trinajstić information content (AvgIpc) is 3.19. The number of rotatable bonds is 6. The zero-order valence-electron chi connectivity index (χ0n) is 14.6. The minimum Gasteiger partial charge on any atom is -0.464 e. The number of carbonyl (C=O) groups excluding carboxylic acids is 3. The molecular weight excluding hydrogens is 368 g/mol. The van der Waals surface area contributed by atoms with Crippen molar-refractivity contribution in [2.24, 2.45) is 0 Å². The third-order valence-electron chi connectivity index (χ3n) is 4.04. The normalized spacial score (nSPS) is 15.9. The van der Waals surface area contributed by atoms with E-state index in [4.69, 9.17) is 9.52 Å². The quantitative estimate of drug-likeness (QED) is 0.741. The molecule has 0 bridgehead atoms. The molecule has 1 aliphatic heterocycles. The second kappa shape index (κ2) is 8.24. The largest absolute Gasteiger partial charge is 0.464 e. The second-order valence-corrected chi connectivity index (χ2v) is 6.79. The van der Waals surface area contributed by atoms with E-state index in [0.29, 0.717) is 17.0 Å². The van der Waals surface area contributed by atoms with E-state index in [0.717, 1.165) is 28.3 Å². The zero-order valence-corrected chi connectivity index (χ0v) is 15.4. The predicted octanol–water partition coefficient (Wildman–Crippen LogP) is 2.61. The van der Waals surface area contributed by atoms with Crippen LogP contribution in [0.5, 0.6) is 0 Å². The number of nitrogens with one attached hydrogen (secondary N) is 1. The smallest absolute Gasteiger partial charge is 0.290 e. The SMILES string of the molecule is CCN(CCO)C(=O)/C=C/c1coc2ccc(/C=C3\SC(=O)NC3=O)cc12. The van der Waals surface area contributed by atoms with Crippen LogP contribution in [-0.4, -0.2) is 46.8 Å². The van der Waals surface area contributed by atoms with Gasteiger partial charge in [-0.25, -0.2) is 0 Å². The van der Waals surface area contributed by atoms with Gasteiger partial charge >= 0.3 is 0 Å². The van der Waals surface area contributed by atoms with Crippen LogP contribution >= 0.6 is 11.8 Å². The topological polar surface area (TPSA) is 99.8 Å². The van der Waals surface area contributed by atoms with Crippen molar-refractivity contribution in [2.75, 3.05) is 19.7 Å². The van der Waals surface area contributed by atoms with Gasteiger partial charge < -0.3 is 14.4 Å². The highest BCUT2D eigenvalue weighted by molar-refractivity contribution is 8.18. The van der Waals surface area contributed by atoms with Gasteiger partial charge in [-0.05, 0) is 48.5 Å². The molecule has 7 nitrogen and oxygen atoms in total.